The van der Waals surface area contributed by atoms with Crippen molar-refractivity contribution in [1.82, 2.24) is 4.98 Å². The first-order valence-corrected chi connectivity index (χ1v) is 6.96. The van der Waals surface area contributed by atoms with Crippen molar-refractivity contribution in [1.29, 1.82) is 0 Å². The number of carbonyl (C=O) groups excluding carboxylic acids is 1. The number of nitrogens with zero attached hydrogens (tertiary/aromatic N) is 1. The van der Waals surface area contributed by atoms with Crippen LogP contribution in [0, 0.1) is 0 Å². The van der Waals surface area contributed by atoms with Gasteiger partial charge in [-0.05, 0) is 47.7 Å². The molecule has 0 saturated carbocycles. The van der Waals surface area contributed by atoms with Gasteiger partial charge in [-0.25, -0.2) is 0 Å². The molecule has 2 aromatic carbocycles. The van der Waals surface area contributed by atoms with Crippen LogP contribution in [0.1, 0.15) is 17.4 Å². The van der Waals surface area contributed by atoms with E-state index in [2.05, 4.69) is 4.98 Å². The first-order valence-electron chi connectivity index (χ1n) is 6.96. The Labute approximate surface area is 127 Å². The second-order valence-corrected chi connectivity index (χ2v) is 5.22. The molecule has 0 radical (unpaired) electrons. The quantitative estimate of drug-likeness (QED) is 0.728. The predicted molar refractivity (Wildman–Crippen MR) is 84.9 cm³/mol. The van der Waals surface area contributed by atoms with E-state index >= 15 is 0 Å². The number of hydrogen-bond acceptors (Lipinski definition) is 4. The molecule has 1 heterocycles. The van der Waals surface area contributed by atoms with Gasteiger partial charge in [-0.1, -0.05) is 24.3 Å². The summed E-state index contributed by atoms with van der Waals surface area (Å²) in [5.41, 5.74) is 2.26. The number of benzene rings is 2. The van der Waals surface area contributed by atoms with E-state index in [0.29, 0.717) is 0 Å². The molecule has 4 heteroatoms. The van der Waals surface area contributed by atoms with Crippen LogP contribution in [-0.2, 0) is 0 Å². The van der Waals surface area contributed by atoms with Crippen LogP contribution in [0.5, 0.6) is 5.75 Å². The molecule has 0 fully saturated rings. The van der Waals surface area contributed by atoms with Crippen molar-refractivity contribution < 1.29 is 15.0 Å². The zero-order valence-corrected chi connectivity index (χ0v) is 12.0. The molecule has 0 aliphatic carbocycles. The summed E-state index contributed by atoms with van der Waals surface area (Å²) in [6, 6.07) is 14.5. The van der Waals surface area contributed by atoms with Crippen molar-refractivity contribution >= 4 is 16.6 Å². The number of aliphatic hydroxyl groups excluding tert-OH is 1. The Balaban J connectivity index is 2.02. The maximum absolute atomic E-state index is 11.8. The highest BCUT2D eigenvalue weighted by molar-refractivity contribution is 6.00. The van der Waals surface area contributed by atoms with Gasteiger partial charge in [0.15, 0.2) is 0 Å². The lowest BCUT2D eigenvalue weighted by atomic mass is 10.0. The van der Waals surface area contributed by atoms with Gasteiger partial charge >= 0.3 is 0 Å². The molecule has 3 rings (SSSR count). The molecule has 2 N–H and O–H groups in total. The molecule has 0 bridgehead atoms. The lowest BCUT2D eigenvalue weighted by Gasteiger charge is -2.07. The second-order valence-electron chi connectivity index (χ2n) is 5.22. The number of fused-ring (bicyclic) bond motifs is 1. The maximum Gasteiger partial charge on any atom is 0.209 e. The van der Waals surface area contributed by atoms with E-state index in [4.69, 9.17) is 0 Å². The maximum atomic E-state index is 11.8. The Hall–Kier alpha value is -2.72. The number of aromatic hydroxyl groups is 1. The molecule has 0 saturated heterocycles. The van der Waals surface area contributed by atoms with E-state index in [9.17, 15) is 15.0 Å². The number of aliphatic hydroxyl groups is 1. The number of rotatable bonds is 3. The van der Waals surface area contributed by atoms with Crippen molar-refractivity contribution in [2.75, 3.05) is 0 Å². The normalized spacial score (nSPS) is 12.3. The van der Waals surface area contributed by atoms with Crippen molar-refractivity contribution in [2.45, 2.75) is 13.0 Å². The van der Waals surface area contributed by atoms with E-state index in [1.165, 1.54) is 6.92 Å². The van der Waals surface area contributed by atoms with Crippen molar-refractivity contribution in [2.24, 2.45) is 0 Å². The minimum absolute atomic E-state index is 0.229. The molecule has 0 aliphatic rings. The third kappa shape index (κ3) is 2.69. The molecule has 0 amide bonds. The van der Waals surface area contributed by atoms with Gasteiger partial charge in [0.2, 0.25) is 5.78 Å². The summed E-state index contributed by atoms with van der Waals surface area (Å²) in [6.45, 7) is 1.43. The van der Waals surface area contributed by atoms with Crippen molar-refractivity contribution in [3.63, 3.8) is 0 Å². The molecule has 4 nitrogen and oxygen atoms in total. The average Bonchev–Trinajstić information content (AvgIpc) is 2.53. The number of phenols is 1. The summed E-state index contributed by atoms with van der Waals surface area (Å²) in [5, 5.41) is 20.5. The van der Waals surface area contributed by atoms with Gasteiger partial charge in [0.25, 0.3) is 0 Å². The van der Waals surface area contributed by atoms with Gasteiger partial charge in [-0.15, -0.1) is 0 Å². The Kier molecular flexibility index (Phi) is 3.61. The lowest BCUT2D eigenvalue weighted by molar-refractivity contribution is 0.0774. The highest BCUT2D eigenvalue weighted by atomic mass is 16.3. The van der Waals surface area contributed by atoms with Crippen molar-refractivity contribution in [3.05, 3.63) is 60.4 Å². The second kappa shape index (κ2) is 5.58. The molecule has 0 aliphatic heterocycles. The molecule has 1 aromatic heterocycles. The van der Waals surface area contributed by atoms with Crippen LogP contribution >= 0.6 is 0 Å². The van der Waals surface area contributed by atoms with Gasteiger partial charge in [-0.2, -0.15) is 0 Å². The minimum atomic E-state index is -1.05. The van der Waals surface area contributed by atoms with Gasteiger partial charge in [0, 0.05) is 11.6 Å². The highest BCUT2D eigenvalue weighted by Gasteiger charge is 2.14. The van der Waals surface area contributed by atoms with Crippen LogP contribution in [-0.4, -0.2) is 27.1 Å². The fraction of sp³-hybridized carbons (Fsp3) is 0.111. The summed E-state index contributed by atoms with van der Waals surface area (Å²) in [7, 11) is 0. The number of phenolic OH excluding ortho intramolecular Hbond substituents is 1. The van der Waals surface area contributed by atoms with Crippen LogP contribution in [0.3, 0.4) is 0 Å². The topological polar surface area (TPSA) is 70.4 Å². The van der Waals surface area contributed by atoms with Crippen LogP contribution in [0.4, 0.5) is 0 Å². The molecule has 3 aromatic rings. The van der Waals surface area contributed by atoms with Crippen LogP contribution in [0.2, 0.25) is 0 Å². The molecular weight excluding hydrogens is 278 g/mol. The van der Waals surface area contributed by atoms with Crippen LogP contribution in [0.25, 0.3) is 21.9 Å². The smallest absolute Gasteiger partial charge is 0.209 e. The van der Waals surface area contributed by atoms with Gasteiger partial charge < -0.3 is 10.2 Å². The third-order valence-electron chi connectivity index (χ3n) is 3.55. The SMILES string of the molecule is CC(O)C(=O)c1cc2ccc(-c3ccc(O)cc3)cc2cn1. The number of hydrogen-bond donors (Lipinski definition) is 2. The fourth-order valence-electron chi connectivity index (χ4n) is 2.32. The van der Waals surface area contributed by atoms with Gasteiger partial charge in [0.05, 0.1) is 0 Å². The molecule has 22 heavy (non-hydrogen) atoms. The number of ketones is 1. The Morgan fingerprint density at radius 3 is 2.36 bits per heavy atom. The Morgan fingerprint density at radius 1 is 1.00 bits per heavy atom. The standard InChI is InChI=1S/C18H15NO3/c1-11(20)18(22)17-9-14-3-2-13(8-15(14)10-19-17)12-4-6-16(21)7-5-12/h2-11,20-21H,1H3. The van der Waals surface area contributed by atoms with E-state index in [0.717, 1.165) is 21.9 Å². The predicted octanol–water partition coefficient (Wildman–Crippen LogP) is 3.17. The summed E-state index contributed by atoms with van der Waals surface area (Å²) >= 11 is 0. The zero-order valence-electron chi connectivity index (χ0n) is 12.0. The van der Waals surface area contributed by atoms with Gasteiger partial charge in [0.1, 0.15) is 17.5 Å². The fourth-order valence-corrected chi connectivity index (χ4v) is 2.32. The Morgan fingerprint density at radius 2 is 1.68 bits per heavy atom. The Bertz CT molecular complexity index is 839. The number of pyridine rings is 1. The molecule has 1 unspecified atom stereocenters. The third-order valence-corrected chi connectivity index (χ3v) is 3.55. The number of aromatic nitrogens is 1. The molecule has 1 atom stereocenters. The van der Waals surface area contributed by atoms with E-state index in [-0.39, 0.29) is 17.2 Å². The van der Waals surface area contributed by atoms with Crippen LogP contribution < -0.4 is 0 Å². The summed E-state index contributed by atoms with van der Waals surface area (Å²) in [4.78, 5) is 15.9. The molecular formula is C18H15NO3. The molecule has 110 valence electrons. The lowest BCUT2D eigenvalue weighted by Crippen LogP contribution is -2.17. The van der Waals surface area contributed by atoms with Crippen LogP contribution in [0.15, 0.2) is 54.7 Å². The summed E-state index contributed by atoms with van der Waals surface area (Å²) in [6.07, 6.45) is 0.579. The van der Waals surface area contributed by atoms with E-state index in [1.54, 1.807) is 24.4 Å². The zero-order chi connectivity index (χ0) is 15.7. The first kappa shape index (κ1) is 14.2. The van der Waals surface area contributed by atoms with Crippen molar-refractivity contribution in [3.8, 4) is 16.9 Å². The van der Waals surface area contributed by atoms with Gasteiger partial charge in [-0.3, -0.25) is 9.78 Å². The minimum Gasteiger partial charge on any atom is -0.508 e. The monoisotopic (exact) mass is 293 g/mol. The summed E-state index contributed by atoms with van der Waals surface area (Å²) in [5.74, 6) is -0.156. The van der Waals surface area contributed by atoms with E-state index in [1.807, 2.05) is 30.3 Å². The molecule has 0 spiro atoms. The number of Topliss-reactive ketones (excluding diaryl/α,β-unsaturated/α-hetero) is 1. The number of carbonyl (C=O) groups is 1. The average molecular weight is 293 g/mol. The van der Waals surface area contributed by atoms with E-state index < -0.39 is 6.10 Å². The summed E-state index contributed by atoms with van der Waals surface area (Å²) < 4.78 is 0. The highest BCUT2D eigenvalue weighted by Crippen LogP contribution is 2.26. The largest absolute Gasteiger partial charge is 0.508 e. The first-order chi connectivity index (χ1) is 10.5.